The molecule has 1 aromatic rings. The van der Waals surface area contributed by atoms with E-state index in [1.807, 2.05) is 6.07 Å². The molecule has 0 saturated heterocycles. The molecule has 0 N–H and O–H groups in total. The Labute approximate surface area is 80.9 Å². The number of methoxy groups -OCH3 is 2. The highest BCUT2D eigenvalue weighted by molar-refractivity contribution is 5.87. The Morgan fingerprint density at radius 2 is 2.21 bits per heavy atom. The van der Waals surface area contributed by atoms with Gasteiger partial charge in [0, 0.05) is 0 Å². The van der Waals surface area contributed by atoms with E-state index >= 15 is 0 Å². The first-order valence-electron chi connectivity index (χ1n) is 3.76. The van der Waals surface area contributed by atoms with Crippen LogP contribution in [0.2, 0.25) is 0 Å². The zero-order valence-electron chi connectivity index (χ0n) is 7.77. The molecule has 0 bridgehead atoms. The van der Waals surface area contributed by atoms with Crippen molar-refractivity contribution < 1.29 is 14.3 Å². The zero-order valence-corrected chi connectivity index (χ0v) is 7.77. The van der Waals surface area contributed by atoms with E-state index in [4.69, 9.17) is 10.00 Å². The van der Waals surface area contributed by atoms with Crippen LogP contribution in [0.4, 0.5) is 0 Å². The summed E-state index contributed by atoms with van der Waals surface area (Å²) in [6.45, 7) is 0. The molecular weight excluding hydrogens is 184 g/mol. The van der Waals surface area contributed by atoms with Crippen LogP contribution in [0.3, 0.4) is 0 Å². The van der Waals surface area contributed by atoms with Gasteiger partial charge in [0.15, 0.2) is 11.4 Å². The molecule has 1 aromatic heterocycles. The first kappa shape index (κ1) is 9.99. The second-order valence-corrected chi connectivity index (χ2v) is 2.35. The lowest BCUT2D eigenvalue weighted by Gasteiger charge is -2.02. The van der Waals surface area contributed by atoms with Crippen molar-refractivity contribution >= 4 is 5.97 Å². The summed E-state index contributed by atoms with van der Waals surface area (Å²) in [6, 6.07) is 4.76. The van der Waals surface area contributed by atoms with Crippen LogP contribution in [-0.2, 0) is 4.74 Å². The number of aromatic nitrogens is 1. The molecule has 0 saturated carbocycles. The fourth-order valence-corrected chi connectivity index (χ4v) is 0.909. The Balaban J connectivity index is 3.15. The number of hydrogen-bond acceptors (Lipinski definition) is 5. The van der Waals surface area contributed by atoms with Gasteiger partial charge in [0.2, 0.25) is 0 Å². The second kappa shape index (κ2) is 4.23. The molecule has 0 fully saturated rings. The highest BCUT2D eigenvalue weighted by Crippen LogP contribution is 2.15. The highest BCUT2D eigenvalue weighted by Gasteiger charge is 2.11. The van der Waals surface area contributed by atoms with E-state index in [-0.39, 0.29) is 11.4 Å². The molecule has 5 heteroatoms. The SMILES string of the molecule is COC(=O)c1ccc(OC)c(C#N)n1. The molecule has 0 unspecified atom stereocenters. The predicted octanol–water partition coefficient (Wildman–Crippen LogP) is 0.748. The number of carbonyl (C=O) groups is 1. The molecule has 0 atom stereocenters. The summed E-state index contributed by atoms with van der Waals surface area (Å²) in [5, 5.41) is 8.68. The summed E-state index contributed by atoms with van der Waals surface area (Å²) in [7, 11) is 2.68. The zero-order chi connectivity index (χ0) is 10.6. The normalized spacial score (nSPS) is 8.93. The smallest absolute Gasteiger partial charge is 0.356 e. The summed E-state index contributed by atoms with van der Waals surface area (Å²) >= 11 is 0. The number of nitriles is 1. The quantitative estimate of drug-likeness (QED) is 0.646. The molecule has 1 rings (SSSR count). The lowest BCUT2D eigenvalue weighted by molar-refractivity contribution is 0.0594. The molecule has 14 heavy (non-hydrogen) atoms. The lowest BCUT2D eigenvalue weighted by atomic mass is 10.3. The van der Waals surface area contributed by atoms with Gasteiger partial charge >= 0.3 is 5.97 Å². The molecule has 1 heterocycles. The average molecular weight is 192 g/mol. The van der Waals surface area contributed by atoms with Crippen molar-refractivity contribution in [2.24, 2.45) is 0 Å². The first-order chi connectivity index (χ1) is 6.72. The summed E-state index contributed by atoms with van der Waals surface area (Å²) < 4.78 is 9.33. The standard InChI is InChI=1S/C9H8N2O3/c1-13-8-4-3-6(9(12)14-2)11-7(8)5-10/h3-4H,1-2H3. The molecule has 5 nitrogen and oxygen atoms in total. The van der Waals surface area contributed by atoms with Crippen LogP contribution in [0.25, 0.3) is 0 Å². The largest absolute Gasteiger partial charge is 0.494 e. The average Bonchev–Trinajstić information content (AvgIpc) is 2.26. The molecule has 0 aliphatic heterocycles. The van der Waals surface area contributed by atoms with Crippen LogP contribution in [0.5, 0.6) is 5.75 Å². The van der Waals surface area contributed by atoms with Gasteiger partial charge in [-0.25, -0.2) is 9.78 Å². The number of nitrogens with zero attached hydrogens (tertiary/aromatic N) is 2. The van der Waals surface area contributed by atoms with Gasteiger partial charge < -0.3 is 9.47 Å². The number of esters is 1. The fourth-order valence-electron chi connectivity index (χ4n) is 0.909. The molecule has 0 aromatic carbocycles. The number of hydrogen-bond donors (Lipinski definition) is 0. The predicted molar refractivity (Wildman–Crippen MR) is 46.8 cm³/mol. The molecule has 0 spiro atoms. The van der Waals surface area contributed by atoms with Crippen molar-refractivity contribution in [3.05, 3.63) is 23.5 Å². The van der Waals surface area contributed by atoms with Crippen molar-refractivity contribution in [1.82, 2.24) is 4.98 Å². The Bertz CT molecular complexity index is 396. The minimum absolute atomic E-state index is 0.0652. The van der Waals surface area contributed by atoms with E-state index in [1.54, 1.807) is 0 Å². The molecule has 0 aliphatic rings. The van der Waals surface area contributed by atoms with Crippen molar-refractivity contribution in [3.8, 4) is 11.8 Å². The maximum Gasteiger partial charge on any atom is 0.356 e. The fraction of sp³-hybridized carbons (Fsp3) is 0.222. The van der Waals surface area contributed by atoms with Gasteiger partial charge in [0.1, 0.15) is 11.8 Å². The van der Waals surface area contributed by atoms with E-state index in [0.717, 1.165) is 0 Å². The van der Waals surface area contributed by atoms with Crippen LogP contribution in [0.15, 0.2) is 12.1 Å². The van der Waals surface area contributed by atoms with Gasteiger partial charge in [-0.2, -0.15) is 5.26 Å². The Morgan fingerprint density at radius 3 is 2.71 bits per heavy atom. The minimum Gasteiger partial charge on any atom is -0.494 e. The van der Waals surface area contributed by atoms with Crippen molar-refractivity contribution in [3.63, 3.8) is 0 Å². The van der Waals surface area contributed by atoms with Crippen LogP contribution in [0, 0.1) is 11.3 Å². The van der Waals surface area contributed by atoms with E-state index in [9.17, 15) is 4.79 Å². The third-order valence-corrected chi connectivity index (χ3v) is 1.58. The van der Waals surface area contributed by atoms with E-state index < -0.39 is 5.97 Å². The highest BCUT2D eigenvalue weighted by atomic mass is 16.5. The number of carbonyl (C=O) groups excluding carboxylic acids is 1. The van der Waals surface area contributed by atoms with E-state index in [2.05, 4.69) is 9.72 Å². The van der Waals surface area contributed by atoms with Crippen LogP contribution in [0.1, 0.15) is 16.2 Å². The van der Waals surface area contributed by atoms with Gasteiger partial charge in [-0.15, -0.1) is 0 Å². The number of rotatable bonds is 2. The van der Waals surface area contributed by atoms with Crippen LogP contribution in [-0.4, -0.2) is 25.2 Å². The third-order valence-electron chi connectivity index (χ3n) is 1.58. The van der Waals surface area contributed by atoms with E-state index in [1.165, 1.54) is 26.4 Å². The third kappa shape index (κ3) is 1.80. The molecule has 72 valence electrons. The van der Waals surface area contributed by atoms with Gasteiger partial charge in [0.05, 0.1) is 14.2 Å². The van der Waals surface area contributed by atoms with Crippen molar-refractivity contribution in [1.29, 1.82) is 5.26 Å². The minimum atomic E-state index is -0.579. The second-order valence-electron chi connectivity index (χ2n) is 2.35. The molecule has 0 aliphatic carbocycles. The van der Waals surface area contributed by atoms with Crippen LogP contribution < -0.4 is 4.74 Å². The maximum atomic E-state index is 11.0. The van der Waals surface area contributed by atoms with Gasteiger partial charge in [-0.3, -0.25) is 0 Å². The first-order valence-corrected chi connectivity index (χ1v) is 3.76. The number of ether oxygens (including phenoxy) is 2. The summed E-state index contributed by atoms with van der Waals surface area (Å²) in [4.78, 5) is 14.8. The van der Waals surface area contributed by atoms with Crippen molar-refractivity contribution in [2.45, 2.75) is 0 Å². The Morgan fingerprint density at radius 1 is 1.50 bits per heavy atom. The monoisotopic (exact) mass is 192 g/mol. The summed E-state index contributed by atoms with van der Waals surface area (Å²) in [6.07, 6.45) is 0. The molecule has 0 amide bonds. The van der Waals surface area contributed by atoms with Crippen LogP contribution >= 0.6 is 0 Å². The molecule has 0 radical (unpaired) electrons. The van der Waals surface area contributed by atoms with Gasteiger partial charge in [-0.1, -0.05) is 0 Å². The topological polar surface area (TPSA) is 72.2 Å². The Hall–Kier alpha value is -2.09. The van der Waals surface area contributed by atoms with Gasteiger partial charge in [0.25, 0.3) is 0 Å². The van der Waals surface area contributed by atoms with E-state index in [0.29, 0.717) is 5.75 Å². The lowest BCUT2D eigenvalue weighted by Crippen LogP contribution is -2.05. The maximum absolute atomic E-state index is 11.0. The molecular formula is C9H8N2O3. The van der Waals surface area contributed by atoms with Crippen molar-refractivity contribution in [2.75, 3.05) is 14.2 Å². The Kier molecular flexibility index (Phi) is 3.02. The number of pyridine rings is 1. The summed E-state index contributed by atoms with van der Waals surface area (Å²) in [5.41, 5.74) is 0.153. The summed E-state index contributed by atoms with van der Waals surface area (Å²) in [5.74, 6) is -0.246. The van der Waals surface area contributed by atoms with Gasteiger partial charge in [-0.05, 0) is 12.1 Å².